The van der Waals surface area contributed by atoms with Crippen molar-refractivity contribution in [3.8, 4) is 0 Å². The van der Waals surface area contributed by atoms with Gasteiger partial charge in [0.15, 0.2) is 0 Å². The molecule has 3 rings (SSSR count). The molecule has 1 amide bonds. The zero-order valence-electron chi connectivity index (χ0n) is 13.4. The standard InChI is InChI=1S/C17H21N3O3S/c21-17(5-4-13-3-1-2-7-18-13)20-15-6-8-22-10-16(15)23-9-14-11-24-12-19-14/h1-3,7,11-12,15-16H,4-6,8-10H2,(H,20,21)/t15-,16-/m1/s1. The fourth-order valence-corrected chi connectivity index (χ4v) is 3.15. The second-order valence-electron chi connectivity index (χ2n) is 5.69. The van der Waals surface area contributed by atoms with E-state index in [-0.39, 0.29) is 18.1 Å². The molecule has 1 fully saturated rings. The van der Waals surface area contributed by atoms with E-state index in [1.807, 2.05) is 23.6 Å². The van der Waals surface area contributed by atoms with Gasteiger partial charge in [0.05, 0.1) is 30.5 Å². The van der Waals surface area contributed by atoms with Gasteiger partial charge in [0.2, 0.25) is 5.91 Å². The molecule has 0 spiro atoms. The van der Waals surface area contributed by atoms with E-state index in [0.29, 0.717) is 32.7 Å². The summed E-state index contributed by atoms with van der Waals surface area (Å²) in [6.45, 7) is 1.58. The summed E-state index contributed by atoms with van der Waals surface area (Å²) in [6.07, 6.45) is 3.43. The second kappa shape index (κ2) is 8.86. The monoisotopic (exact) mass is 347 g/mol. The number of carbonyl (C=O) groups is 1. The predicted molar refractivity (Wildman–Crippen MR) is 90.6 cm³/mol. The maximum absolute atomic E-state index is 12.2. The van der Waals surface area contributed by atoms with Crippen LogP contribution in [0.5, 0.6) is 0 Å². The van der Waals surface area contributed by atoms with E-state index in [1.54, 1.807) is 23.0 Å². The SMILES string of the molecule is O=C(CCc1ccccn1)N[C@@H]1CCOC[C@H]1OCc1cscn1. The third-order valence-electron chi connectivity index (χ3n) is 3.91. The largest absolute Gasteiger partial charge is 0.379 e. The minimum Gasteiger partial charge on any atom is -0.379 e. The number of pyridine rings is 1. The van der Waals surface area contributed by atoms with Gasteiger partial charge in [-0.25, -0.2) is 4.98 Å². The minimum atomic E-state index is -0.140. The molecule has 24 heavy (non-hydrogen) atoms. The lowest BCUT2D eigenvalue weighted by atomic mass is 10.1. The van der Waals surface area contributed by atoms with E-state index >= 15 is 0 Å². The highest BCUT2D eigenvalue weighted by atomic mass is 32.1. The zero-order chi connectivity index (χ0) is 16.6. The molecule has 0 aromatic carbocycles. The molecule has 6 nitrogen and oxygen atoms in total. The first-order chi connectivity index (χ1) is 11.8. The Bertz CT molecular complexity index is 621. The summed E-state index contributed by atoms with van der Waals surface area (Å²) in [5, 5.41) is 5.04. The molecule has 0 aliphatic carbocycles. The van der Waals surface area contributed by atoms with E-state index in [9.17, 15) is 4.79 Å². The Kier molecular flexibility index (Phi) is 6.28. The molecule has 1 N–H and O–H groups in total. The van der Waals surface area contributed by atoms with Crippen molar-refractivity contribution < 1.29 is 14.3 Å². The number of carbonyl (C=O) groups excluding carboxylic acids is 1. The maximum Gasteiger partial charge on any atom is 0.220 e. The minimum absolute atomic E-state index is 0.0198. The van der Waals surface area contributed by atoms with Gasteiger partial charge in [0.25, 0.3) is 0 Å². The summed E-state index contributed by atoms with van der Waals surface area (Å²) in [7, 11) is 0. The Balaban J connectivity index is 1.46. The van der Waals surface area contributed by atoms with Crippen molar-refractivity contribution >= 4 is 17.2 Å². The van der Waals surface area contributed by atoms with Crippen LogP contribution >= 0.6 is 11.3 Å². The van der Waals surface area contributed by atoms with Crippen LogP contribution in [0.1, 0.15) is 24.2 Å². The number of hydrogen-bond donors (Lipinski definition) is 1. The van der Waals surface area contributed by atoms with Crippen LogP contribution in [0.4, 0.5) is 0 Å². The van der Waals surface area contributed by atoms with Crippen LogP contribution in [-0.4, -0.2) is 41.2 Å². The van der Waals surface area contributed by atoms with Crippen molar-refractivity contribution in [3.05, 3.63) is 46.7 Å². The number of nitrogens with zero attached hydrogens (tertiary/aromatic N) is 2. The van der Waals surface area contributed by atoms with Crippen molar-refractivity contribution in [2.24, 2.45) is 0 Å². The van der Waals surface area contributed by atoms with Gasteiger partial charge in [-0.3, -0.25) is 9.78 Å². The number of aryl methyl sites for hydroxylation is 1. The summed E-state index contributed by atoms with van der Waals surface area (Å²) in [5.41, 5.74) is 3.62. The average molecular weight is 347 g/mol. The summed E-state index contributed by atoms with van der Waals surface area (Å²) < 4.78 is 11.4. The summed E-state index contributed by atoms with van der Waals surface area (Å²) in [5.74, 6) is 0.0230. The van der Waals surface area contributed by atoms with E-state index in [4.69, 9.17) is 9.47 Å². The van der Waals surface area contributed by atoms with Crippen molar-refractivity contribution in [2.75, 3.05) is 13.2 Å². The first-order valence-electron chi connectivity index (χ1n) is 8.07. The van der Waals surface area contributed by atoms with E-state index < -0.39 is 0 Å². The first kappa shape index (κ1) is 17.0. The van der Waals surface area contributed by atoms with Crippen LogP contribution < -0.4 is 5.32 Å². The third kappa shape index (κ3) is 5.09. The smallest absolute Gasteiger partial charge is 0.220 e. The van der Waals surface area contributed by atoms with Gasteiger partial charge in [-0.05, 0) is 25.0 Å². The maximum atomic E-state index is 12.2. The van der Waals surface area contributed by atoms with Crippen molar-refractivity contribution in [1.29, 1.82) is 0 Å². The number of nitrogens with one attached hydrogen (secondary N) is 1. The van der Waals surface area contributed by atoms with Crippen molar-refractivity contribution in [2.45, 2.75) is 38.0 Å². The van der Waals surface area contributed by atoms with E-state index in [2.05, 4.69) is 15.3 Å². The molecule has 0 unspecified atom stereocenters. The fraction of sp³-hybridized carbons (Fsp3) is 0.471. The van der Waals surface area contributed by atoms with Crippen LogP contribution in [0.2, 0.25) is 0 Å². The predicted octanol–water partition coefficient (Wildman–Crippen LogP) is 1.96. The lowest BCUT2D eigenvalue weighted by Crippen LogP contribution is -2.50. The quantitative estimate of drug-likeness (QED) is 0.829. The summed E-state index contributed by atoms with van der Waals surface area (Å²) in [6, 6.07) is 5.71. The molecule has 3 heterocycles. The van der Waals surface area contributed by atoms with Crippen LogP contribution in [0.15, 0.2) is 35.3 Å². The fourth-order valence-electron chi connectivity index (χ4n) is 2.61. The molecule has 1 aliphatic heterocycles. The van der Waals surface area contributed by atoms with Crippen LogP contribution in [-0.2, 0) is 27.3 Å². The second-order valence-corrected chi connectivity index (χ2v) is 6.41. The number of thiazole rings is 1. The molecular weight excluding hydrogens is 326 g/mol. The molecule has 0 saturated carbocycles. The van der Waals surface area contributed by atoms with Crippen LogP contribution in [0.25, 0.3) is 0 Å². The van der Waals surface area contributed by atoms with Gasteiger partial charge in [-0.2, -0.15) is 0 Å². The lowest BCUT2D eigenvalue weighted by molar-refractivity contribution is -0.126. The third-order valence-corrected chi connectivity index (χ3v) is 4.55. The highest BCUT2D eigenvalue weighted by Gasteiger charge is 2.28. The Labute approximate surface area is 145 Å². The molecule has 2 atom stereocenters. The van der Waals surface area contributed by atoms with Crippen LogP contribution in [0.3, 0.4) is 0 Å². The summed E-state index contributed by atoms with van der Waals surface area (Å²) in [4.78, 5) is 20.7. The summed E-state index contributed by atoms with van der Waals surface area (Å²) >= 11 is 1.54. The number of amides is 1. The Morgan fingerprint density at radius 2 is 2.33 bits per heavy atom. The molecular formula is C17H21N3O3S. The number of rotatable bonds is 7. The number of aromatic nitrogens is 2. The van der Waals surface area contributed by atoms with Gasteiger partial charge in [0.1, 0.15) is 6.10 Å². The Morgan fingerprint density at radius 3 is 3.12 bits per heavy atom. The Hall–Kier alpha value is -1.83. The van der Waals surface area contributed by atoms with Gasteiger partial charge in [0, 0.05) is 30.3 Å². The van der Waals surface area contributed by atoms with E-state index in [1.165, 1.54) is 0 Å². The van der Waals surface area contributed by atoms with Crippen molar-refractivity contribution in [1.82, 2.24) is 15.3 Å². The van der Waals surface area contributed by atoms with Crippen molar-refractivity contribution in [3.63, 3.8) is 0 Å². The topological polar surface area (TPSA) is 73.3 Å². The molecule has 0 bridgehead atoms. The van der Waals surface area contributed by atoms with Crippen LogP contribution in [0, 0.1) is 0 Å². The molecule has 7 heteroatoms. The molecule has 2 aromatic heterocycles. The van der Waals surface area contributed by atoms with Gasteiger partial charge in [-0.1, -0.05) is 6.07 Å². The molecule has 1 aliphatic rings. The van der Waals surface area contributed by atoms with Gasteiger partial charge < -0.3 is 14.8 Å². The highest BCUT2D eigenvalue weighted by molar-refractivity contribution is 7.07. The molecule has 128 valence electrons. The highest BCUT2D eigenvalue weighted by Crippen LogP contribution is 2.14. The first-order valence-corrected chi connectivity index (χ1v) is 9.01. The lowest BCUT2D eigenvalue weighted by Gasteiger charge is -2.32. The average Bonchev–Trinajstić information content (AvgIpc) is 3.14. The number of hydrogen-bond acceptors (Lipinski definition) is 6. The molecule has 2 aromatic rings. The zero-order valence-corrected chi connectivity index (χ0v) is 14.2. The molecule has 1 saturated heterocycles. The number of ether oxygens (including phenoxy) is 2. The molecule has 0 radical (unpaired) electrons. The van der Waals surface area contributed by atoms with Gasteiger partial charge >= 0.3 is 0 Å². The Morgan fingerprint density at radius 1 is 1.38 bits per heavy atom. The van der Waals surface area contributed by atoms with E-state index in [0.717, 1.165) is 17.8 Å². The normalized spacial score (nSPS) is 20.7. The van der Waals surface area contributed by atoms with Gasteiger partial charge in [-0.15, -0.1) is 11.3 Å².